The quantitative estimate of drug-likeness (QED) is 0.289. The Morgan fingerprint density at radius 3 is 2.17 bits per heavy atom. The Kier molecular flexibility index (Phi) is 7.76. The molecule has 4 aromatic rings. The van der Waals surface area contributed by atoms with Crippen molar-refractivity contribution in [2.24, 2.45) is 0 Å². The van der Waals surface area contributed by atoms with Gasteiger partial charge in [0.1, 0.15) is 12.4 Å². The average Bonchev–Trinajstić information content (AvgIpc) is 2.88. The lowest BCUT2D eigenvalue weighted by Crippen LogP contribution is -2.21. The highest BCUT2D eigenvalue weighted by atomic mass is 16.5. The van der Waals surface area contributed by atoms with Gasteiger partial charge in [0.2, 0.25) is 5.91 Å². The number of amides is 2. The molecule has 0 aromatic heterocycles. The van der Waals surface area contributed by atoms with Crippen LogP contribution in [0.25, 0.3) is 0 Å². The first-order valence-electron chi connectivity index (χ1n) is 11.3. The maximum atomic E-state index is 12.4. The van der Waals surface area contributed by atoms with Crippen molar-refractivity contribution in [3.8, 4) is 5.75 Å². The van der Waals surface area contributed by atoms with Crippen LogP contribution in [0.1, 0.15) is 21.5 Å². The molecule has 0 fully saturated rings. The number of hydrogen-bond acceptors (Lipinski definition) is 4. The first-order valence-corrected chi connectivity index (χ1v) is 11.3. The number of benzene rings is 4. The molecule has 0 heterocycles. The van der Waals surface area contributed by atoms with Crippen molar-refractivity contribution in [1.82, 2.24) is 0 Å². The highest BCUT2D eigenvalue weighted by Gasteiger charge is 2.07. The van der Waals surface area contributed by atoms with Crippen molar-refractivity contribution < 1.29 is 14.3 Å². The minimum absolute atomic E-state index is 0.105. The van der Waals surface area contributed by atoms with Crippen LogP contribution in [-0.2, 0) is 11.4 Å². The lowest BCUT2D eigenvalue weighted by atomic mass is 10.1. The van der Waals surface area contributed by atoms with Gasteiger partial charge in [0.25, 0.3) is 5.91 Å². The number of rotatable bonds is 9. The second-order valence-electron chi connectivity index (χ2n) is 8.10. The Bertz CT molecular complexity index is 1290. The summed E-state index contributed by atoms with van der Waals surface area (Å²) in [7, 11) is 0. The molecule has 0 aliphatic heterocycles. The zero-order valence-corrected chi connectivity index (χ0v) is 19.5. The monoisotopic (exact) mass is 465 g/mol. The molecule has 0 atom stereocenters. The number of anilines is 3. The number of hydrogen-bond donors (Lipinski definition) is 3. The van der Waals surface area contributed by atoms with Crippen LogP contribution >= 0.6 is 0 Å². The number of ether oxygens (including phenoxy) is 1. The van der Waals surface area contributed by atoms with E-state index in [0.29, 0.717) is 23.5 Å². The molecule has 0 aliphatic rings. The van der Waals surface area contributed by atoms with E-state index in [0.717, 1.165) is 22.6 Å². The molecule has 0 aliphatic carbocycles. The molecule has 4 aromatic carbocycles. The van der Waals surface area contributed by atoms with Gasteiger partial charge in [-0.25, -0.2) is 0 Å². The second-order valence-corrected chi connectivity index (χ2v) is 8.10. The summed E-state index contributed by atoms with van der Waals surface area (Å²) >= 11 is 0. The van der Waals surface area contributed by atoms with Crippen LogP contribution < -0.4 is 20.7 Å². The van der Waals surface area contributed by atoms with Crippen LogP contribution in [0.4, 0.5) is 17.1 Å². The van der Waals surface area contributed by atoms with Crippen LogP contribution in [0.2, 0.25) is 0 Å². The van der Waals surface area contributed by atoms with Crippen molar-refractivity contribution in [1.29, 1.82) is 0 Å². The van der Waals surface area contributed by atoms with Gasteiger partial charge in [-0.05, 0) is 61.0 Å². The maximum absolute atomic E-state index is 12.4. The molecule has 0 unspecified atom stereocenters. The fraction of sp³-hybridized carbons (Fsp3) is 0.103. The molecule has 0 saturated carbocycles. The molecule has 0 spiro atoms. The van der Waals surface area contributed by atoms with Crippen molar-refractivity contribution >= 4 is 28.9 Å². The Labute approximate surface area is 205 Å². The summed E-state index contributed by atoms with van der Waals surface area (Å²) in [5.41, 5.74) is 4.80. The SMILES string of the molecule is Cc1cccc(C(=O)Nc2ccc(NC(=O)CNc3cccc(OCc4ccccc4)c3)cc2)c1. The molecule has 176 valence electrons. The molecule has 35 heavy (non-hydrogen) atoms. The molecule has 0 bridgehead atoms. The topological polar surface area (TPSA) is 79.5 Å². The minimum Gasteiger partial charge on any atom is -0.489 e. The smallest absolute Gasteiger partial charge is 0.255 e. The van der Waals surface area contributed by atoms with Gasteiger partial charge in [0.15, 0.2) is 0 Å². The summed E-state index contributed by atoms with van der Waals surface area (Å²) in [4.78, 5) is 24.8. The van der Waals surface area contributed by atoms with Crippen LogP contribution in [0.3, 0.4) is 0 Å². The second kappa shape index (κ2) is 11.5. The predicted molar refractivity (Wildman–Crippen MR) is 140 cm³/mol. The van der Waals surface area contributed by atoms with Crippen molar-refractivity contribution in [2.45, 2.75) is 13.5 Å². The summed E-state index contributed by atoms with van der Waals surface area (Å²) in [5, 5.41) is 8.82. The van der Waals surface area contributed by atoms with Gasteiger partial charge in [-0.3, -0.25) is 9.59 Å². The third kappa shape index (κ3) is 7.20. The van der Waals surface area contributed by atoms with E-state index in [-0.39, 0.29) is 18.4 Å². The van der Waals surface area contributed by atoms with E-state index >= 15 is 0 Å². The Hall–Kier alpha value is -4.58. The Balaban J connectivity index is 1.24. The van der Waals surface area contributed by atoms with E-state index < -0.39 is 0 Å². The van der Waals surface area contributed by atoms with Crippen LogP contribution in [0.5, 0.6) is 5.75 Å². The zero-order chi connectivity index (χ0) is 24.5. The van der Waals surface area contributed by atoms with Gasteiger partial charge in [0.05, 0.1) is 6.54 Å². The molecule has 6 nitrogen and oxygen atoms in total. The van der Waals surface area contributed by atoms with Gasteiger partial charge in [-0.15, -0.1) is 0 Å². The van der Waals surface area contributed by atoms with E-state index in [9.17, 15) is 9.59 Å². The van der Waals surface area contributed by atoms with Crippen molar-refractivity contribution in [2.75, 3.05) is 22.5 Å². The summed E-state index contributed by atoms with van der Waals surface area (Å²) in [5.74, 6) is 0.365. The number of carbonyl (C=O) groups is 2. The third-order valence-corrected chi connectivity index (χ3v) is 5.24. The third-order valence-electron chi connectivity index (χ3n) is 5.24. The van der Waals surface area contributed by atoms with Crippen LogP contribution in [0, 0.1) is 6.92 Å². The van der Waals surface area contributed by atoms with E-state index in [1.165, 1.54) is 0 Å². The zero-order valence-electron chi connectivity index (χ0n) is 19.5. The van der Waals surface area contributed by atoms with Crippen molar-refractivity contribution in [3.05, 3.63) is 120 Å². The first-order chi connectivity index (χ1) is 17.0. The van der Waals surface area contributed by atoms with Crippen molar-refractivity contribution in [3.63, 3.8) is 0 Å². The van der Waals surface area contributed by atoms with E-state index in [1.807, 2.05) is 79.7 Å². The number of nitrogens with one attached hydrogen (secondary N) is 3. The summed E-state index contributed by atoms with van der Waals surface area (Å²) in [6.07, 6.45) is 0. The molecule has 0 radical (unpaired) electrons. The fourth-order valence-corrected chi connectivity index (χ4v) is 3.45. The summed E-state index contributed by atoms with van der Waals surface area (Å²) < 4.78 is 5.84. The van der Waals surface area contributed by atoms with Gasteiger partial charge >= 0.3 is 0 Å². The summed E-state index contributed by atoms with van der Waals surface area (Å²) in [6.45, 7) is 2.53. The highest BCUT2D eigenvalue weighted by molar-refractivity contribution is 6.04. The maximum Gasteiger partial charge on any atom is 0.255 e. The summed E-state index contributed by atoms with van der Waals surface area (Å²) in [6, 6.07) is 31.9. The molecular formula is C29H27N3O3. The Morgan fingerprint density at radius 2 is 1.43 bits per heavy atom. The lowest BCUT2D eigenvalue weighted by molar-refractivity contribution is -0.114. The Morgan fingerprint density at radius 1 is 0.714 bits per heavy atom. The van der Waals surface area contributed by atoms with Crippen LogP contribution in [0.15, 0.2) is 103 Å². The van der Waals surface area contributed by atoms with Crippen LogP contribution in [-0.4, -0.2) is 18.4 Å². The molecule has 3 N–H and O–H groups in total. The highest BCUT2D eigenvalue weighted by Crippen LogP contribution is 2.19. The standard InChI is InChI=1S/C29H27N3O3/c1-21-7-5-10-23(17-21)29(34)32-25-15-13-24(14-16-25)31-28(33)19-30-26-11-6-12-27(18-26)35-20-22-8-3-2-4-9-22/h2-18,30H,19-20H2,1H3,(H,31,33)(H,32,34). The molecule has 4 rings (SSSR count). The average molecular weight is 466 g/mol. The van der Waals surface area contributed by atoms with Gasteiger partial charge in [-0.1, -0.05) is 54.1 Å². The predicted octanol–water partition coefficient (Wildman–Crippen LogP) is 5.88. The molecular weight excluding hydrogens is 438 g/mol. The molecule has 2 amide bonds. The van der Waals surface area contributed by atoms with Gasteiger partial charge < -0.3 is 20.7 Å². The molecule has 6 heteroatoms. The minimum atomic E-state index is -0.183. The van der Waals surface area contributed by atoms with E-state index in [1.54, 1.807) is 30.3 Å². The largest absolute Gasteiger partial charge is 0.489 e. The van der Waals surface area contributed by atoms with Gasteiger partial charge in [0, 0.05) is 28.7 Å². The number of carbonyl (C=O) groups excluding carboxylic acids is 2. The van der Waals surface area contributed by atoms with Gasteiger partial charge in [-0.2, -0.15) is 0 Å². The lowest BCUT2D eigenvalue weighted by Gasteiger charge is -2.11. The fourth-order valence-electron chi connectivity index (χ4n) is 3.45. The molecule has 0 saturated heterocycles. The number of aryl methyl sites for hydroxylation is 1. The van der Waals surface area contributed by atoms with E-state index in [4.69, 9.17) is 4.74 Å². The first kappa shape index (κ1) is 23.6. The normalized spacial score (nSPS) is 10.3. The van der Waals surface area contributed by atoms with E-state index in [2.05, 4.69) is 16.0 Å².